The SMILES string of the molecule is Cc1cccc(C(=O)C2CC3CCC(C2)N3C(=O)OCC2c3ccccc3-c3ccccc32)c1F. The molecule has 6 rings (SSSR count). The lowest BCUT2D eigenvalue weighted by molar-refractivity contribution is 0.0504. The van der Waals surface area contributed by atoms with Crippen LogP contribution in [0.4, 0.5) is 9.18 Å². The second kappa shape index (κ2) is 8.63. The molecule has 3 aromatic rings. The number of amides is 1. The third kappa shape index (κ3) is 3.65. The summed E-state index contributed by atoms with van der Waals surface area (Å²) in [4.78, 5) is 28.2. The van der Waals surface area contributed by atoms with Crippen molar-refractivity contribution in [1.29, 1.82) is 0 Å². The second-order valence-electron chi connectivity index (χ2n) is 10.1. The number of piperidine rings is 1. The van der Waals surface area contributed by atoms with Crippen molar-refractivity contribution in [2.24, 2.45) is 5.92 Å². The zero-order valence-electron chi connectivity index (χ0n) is 19.7. The Labute approximate surface area is 204 Å². The Kier molecular flexibility index (Phi) is 5.43. The van der Waals surface area contributed by atoms with E-state index in [1.807, 2.05) is 29.2 Å². The van der Waals surface area contributed by atoms with Crippen molar-refractivity contribution in [3.8, 4) is 11.1 Å². The number of nitrogens with zero attached hydrogens (tertiary/aromatic N) is 1. The Balaban J connectivity index is 1.15. The lowest BCUT2D eigenvalue weighted by Crippen LogP contribution is -2.48. The van der Waals surface area contributed by atoms with Gasteiger partial charge in [-0.05, 0) is 66.5 Å². The summed E-state index contributed by atoms with van der Waals surface area (Å²) >= 11 is 0. The highest BCUT2D eigenvalue weighted by Gasteiger charge is 2.46. The van der Waals surface area contributed by atoms with Gasteiger partial charge in [0, 0.05) is 23.9 Å². The van der Waals surface area contributed by atoms with E-state index in [0.29, 0.717) is 25.0 Å². The number of rotatable bonds is 4. The summed E-state index contributed by atoms with van der Waals surface area (Å²) in [6.45, 7) is 1.97. The average Bonchev–Trinajstić information content (AvgIpc) is 3.34. The number of carbonyl (C=O) groups is 2. The number of hydrogen-bond acceptors (Lipinski definition) is 3. The van der Waals surface area contributed by atoms with E-state index in [0.717, 1.165) is 12.8 Å². The van der Waals surface area contributed by atoms with Crippen LogP contribution in [0.1, 0.15) is 58.6 Å². The van der Waals surface area contributed by atoms with E-state index in [9.17, 15) is 14.0 Å². The minimum atomic E-state index is -0.427. The summed E-state index contributed by atoms with van der Waals surface area (Å²) in [5, 5.41) is 0. The monoisotopic (exact) mass is 469 g/mol. The first-order valence-electron chi connectivity index (χ1n) is 12.5. The Morgan fingerprint density at radius 1 is 0.886 bits per heavy atom. The summed E-state index contributed by atoms with van der Waals surface area (Å²) in [6.07, 6.45) is 2.54. The van der Waals surface area contributed by atoms with Crippen LogP contribution in [-0.4, -0.2) is 35.5 Å². The molecule has 178 valence electrons. The number of ether oxygens (including phenoxy) is 1. The molecule has 2 atom stereocenters. The molecule has 2 aliphatic heterocycles. The van der Waals surface area contributed by atoms with Crippen LogP contribution in [0.5, 0.6) is 0 Å². The molecule has 2 unspecified atom stereocenters. The molecule has 2 bridgehead atoms. The predicted octanol–water partition coefficient (Wildman–Crippen LogP) is 6.51. The normalized spacial score (nSPS) is 22.6. The Morgan fingerprint density at radius 3 is 2.11 bits per heavy atom. The minimum absolute atomic E-state index is 0.0208. The maximum Gasteiger partial charge on any atom is 0.410 e. The van der Waals surface area contributed by atoms with Gasteiger partial charge in [-0.3, -0.25) is 4.79 Å². The lowest BCUT2D eigenvalue weighted by Gasteiger charge is -2.37. The fourth-order valence-electron chi connectivity index (χ4n) is 6.42. The van der Waals surface area contributed by atoms with Gasteiger partial charge in [0.05, 0.1) is 5.56 Å². The number of fused-ring (bicyclic) bond motifs is 5. The van der Waals surface area contributed by atoms with Crippen LogP contribution >= 0.6 is 0 Å². The highest BCUT2D eigenvalue weighted by atomic mass is 19.1. The molecule has 0 saturated carbocycles. The molecule has 0 N–H and O–H groups in total. The largest absolute Gasteiger partial charge is 0.448 e. The van der Waals surface area contributed by atoms with E-state index in [4.69, 9.17) is 4.74 Å². The van der Waals surface area contributed by atoms with Gasteiger partial charge < -0.3 is 9.64 Å². The molecule has 4 nitrogen and oxygen atoms in total. The Morgan fingerprint density at radius 2 is 1.49 bits per heavy atom. The maximum absolute atomic E-state index is 14.6. The molecular formula is C30H28FNO3. The van der Waals surface area contributed by atoms with Crippen molar-refractivity contribution >= 4 is 11.9 Å². The number of benzene rings is 3. The van der Waals surface area contributed by atoms with E-state index < -0.39 is 5.82 Å². The van der Waals surface area contributed by atoms with Crippen molar-refractivity contribution in [2.45, 2.75) is 50.6 Å². The quantitative estimate of drug-likeness (QED) is 0.409. The second-order valence-corrected chi connectivity index (χ2v) is 10.1. The summed E-state index contributed by atoms with van der Waals surface area (Å²) < 4.78 is 20.5. The summed E-state index contributed by atoms with van der Waals surface area (Å²) in [5.41, 5.74) is 5.43. The van der Waals surface area contributed by atoms with Gasteiger partial charge in [-0.15, -0.1) is 0 Å². The predicted molar refractivity (Wildman–Crippen MR) is 132 cm³/mol. The molecular weight excluding hydrogens is 441 g/mol. The topological polar surface area (TPSA) is 46.6 Å². The first-order valence-corrected chi connectivity index (χ1v) is 12.5. The van der Waals surface area contributed by atoms with E-state index in [1.54, 1.807) is 25.1 Å². The lowest BCUT2D eigenvalue weighted by atomic mass is 9.84. The van der Waals surface area contributed by atoms with Crippen LogP contribution in [0, 0.1) is 18.7 Å². The van der Waals surface area contributed by atoms with Gasteiger partial charge in [-0.2, -0.15) is 0 Å². The smallest absolute Gasteiger partial charge is 0.410 e. The van der Waals surface area contributed by atoms with Crippen LogP contribution in [0.25, 0.3) is 11.1 Å². The molecule has 2 saturated heterocycles. The van der Waals surface area contributed by atoms with E-state index in [2.05, 4.69) is 24.3 Å². The van der Waals surface area contributed by atoms with Crippen LogP contribution in [-0.2, 0) is 4.74 Å². The molecule has 3 aromatic carbocycles. The van der Waals surface area contributed by atoms with Gasteiger partial charge >= 0.3 is 6.09 Å². The third-order valence-electron chi connectivity index (χ3n) is 8.11. The zero-order valence-corrected chi connectivity index (χ0v) is 19.7. The molecule has 3 aliphatic rings. The molecule has 35 heavy (non-hydrogen) atoms. The maximum atomic E-state index is 14.6. The van der Waals surface area contributed by atoms with Gasteiger partial charge in [0.25, 0.3) is 0 Å². The summed E-state index contributed by atoms with van der Waals surface area (Å²) in [5.74, 6) is -0.812. The fourth-order valence-corrected chi connectivity index (χ4v) is 6.42. The number of carbonyl (C=O) groups excluding carboxylic acids is 2. The van der Waals surface area contributed by atoms with Gasteiger partial charge in [-0.25, -0.2) is 9.18 Å². The molecule has 2 heterocycles. The van der Waals surface area contributed by atoms with Crippen molar-refractivity contribution < 1.29 is 18.7 Å². The molecule has 0 spiro atoms. The molecule has 0 radical (unpaired) electrons. The standard InChI is InChI=1S/C30H28FNO3/c1-18-7-6-12-26(28(18)31)29(33)19-15-20-13-14-21(16-19)32(20)30(34)35-17-27-24-10-4-2-8-22(24)23-9-3-5-11-25(23)27/h2-12,19-21,27H,13-17H2,1H3. The third-order valence-corrected chi connectivity index (χ3v) is 8.11. The van der Waals surface area contributed by atoms with Crippen LogP contribution < -0.4 is 0 Å². The molecule has 1 amide bonds. The highest BCUT2D eigenvalue weighted by Crippen LogP contribution is 2.45. The van der Waals surface area contributed by atoms with Crippen LogP contribution in [0.3, 0.4) is 0 Å². The summed E-state index contributed by atoms with van der Waals surface area (Å²) in [6, 6.07) is 21.5. The number of ketones is 1. The average molecular weight is 470 g/mol. The van der Waals surface area contributed by atoms with Gasteiger partial charge in [-0.1, -0.05) is 60.7 Å². The van der Waals surface area contributed by atoms with Crippen molar-refractivity contribution in [3.63, 3.8) is 0 Å². The number of halogens is 1. The number of Topliss-reactive ketones (excluding diaryl/α,β-unsaturated/α-hetero) is 1. The molecule has 2 fully saturated rings. The van der Waals surface area contributed by atoms with Gasteiger partial charge in [0.1, 0.15) is 12.4 Å². The van der Waals surface area contributed by atoms with Gasteiger partial charge in [0.15, 0.2) is 5.78 Å². The first kappa shape index (κ1) is 22.0. The Hall–Kier alpha value is -3.47. The molecule has 0 aromatic heterocycles. The van der Waals surface area contributed by atoms with E-state index in [1.165, 1.54) is 22.3 Å². The summed E-state index contributed by atoms with van der Waals surface area (Å²) in [7, 11) is 0. The first-order chi connectivity index (χ1) is 17.0. The van der Waals surface area contributed by atoms with Crippen molar-refractivity contribution in [2.75, 3.05) is 6.61 Å². The Bertz CT molecular complexity index is 1260. The minimum Gasteiger partial charge on any atom is -0.448 e. The highest BCUT2D eigenvalue weighted by molar-refractivity contribution is 5.98. The van der Waals surface area contributed by atoms with E-state index >= 15 is 0 Å². The zero-order chi connectivity index (χ0) is 24.1. The number of aryl methyl sites for hydroxylation is 1. The molecule has 1 aliphatic carbocycles. The molecule has 5 heteroatoms. The van der Waals surface area contributed by atoms with Crippen molar-refractivity contribution in [3.05, 3.63) is 94.8 Å². The fraction of sp³-hybridized carbons (Fsp3) is 0.333. The van der Waals surface area contributed by atoms with Crippen molar-refractivity contribution in [1.82, 2.24) is 4.90 Å². The van der Waals surface area contributed by atoms with Crippen LogP contribution in [0.2, 0.25) is 0 Å². The van der Waals surface area contributed by atoms with Crippen LogP contribution in [0.15, 0.2) is 66.7 Å². The van der Waals surface area contributed by atoms with E-state index in [-0.39, 0.29) is 41.4 Å². The van der Waals surface area contributed by atoms with Gasteiger partial charge in [0.2, 0.25) is 0 Å². The number of hydrogen-bond donors (Lipinski definition) is 0.